The van der Waals surface area contributed by atoms with Crippen molar-refractivity contribution in [2.75, 3.05) is 6.54 Å². The van der Waals surface area contributed by atoms with Crippen LogP contribution in [0.4, 0.5) is 0 Å². The number of aromatic hydroxyl groups is 1. The number of aromatic nitrogens is 3. The summed E-state index contributed by atoms with van der Waals surface area (Å²) in [6, 6.07) is 13.4. The molecule has 0 spiro atoms. The number of carboxylic acid groups (broad SMARTS) is 1. The Balaban J connectivity index is 1.90. The Morgan fingerprint density at radius 2 is 1.83 bits per heavy atom. The maximum atomic E-state index is 12.7. The number of amides is 1. The first-order chi connectivity index (χ1) is 14.4. The Kier molecular flexibility index (Phi) is 4.63. The molecule has 1 amide bonds. The van der Waals surface area contributed by atoms with Crippen LogP contribution in [0.2, 0.25) is 0 Å². The standard InChI is InChI=1S/C21H16N4O5/c1-25-19-14(17(28)16(21(25)30)20(29)23-10-15(26)27)9-22-18(24-19)13-8-4-6-11-5-2-3-7-12(11)13/h2-9,28H,10H2,1H3,(H,23,29)(H,26,27). The maximum absolute atomic E-state index is 12.7. The van der Waals surface area contributed by atoms with Crippen molar-refractivity contribution in [3.63, 3.8) is 0 Å². The van der Waals surface area contributed by atoms with Gasteiger partial charge in [-0.05, 0) is 10.8 Å². The molecule has 2 aromatic carbocycles. The number of rotatable bonds is 4. The smallest absolute Gasteiger partial charge is 0.322 e. The van der Waals surface area contributed by atoms with Crippen LogP contribution in [0.15, 0.2) is 53.5 Å². The summed E-state index contributed by atoms with van der Waals surface area (Å²) in [7, 11) is 1.41. The molecule has 0 bridgehead atoms. The Morgan fingerprint density at radius 1 is 1.10 bits per heavy atom. The normalized spacial score (nSPS) is 11.0. The number of hydrogen-bond donors (Lipinski definition) is 3. The minimum absolute atomic E-state index is 0.0987. The van der Waals surface area contributed by atoms with Gasteiger partial charge >= 0.3 is 5.97 Å². The van der Waals surface area contributed by atoms with Crippen molar-refractivity contribution in [1.82, 2.24) is 19.9 Å². The van der Waals surface area contributed by atoms with Gasteiger partial charge in [0.1, 0.15) is 23.5 Å². The van der Waals surface area contributed by atoms with E-state index in [0.29, 0.717) is 5.82 Å². The highest BCUT2D eigenvalue weighted by molar-refractivity contribution is 6.03. The van der Waals surface area contributed by atoms with E-state index in [1.54, 1.807) is 0 Å². The van der Waals surface area contributed by atoms with E-state index in [2.05, 4.69) is 15.3 Å². The van der Waals surface area contributed by atoms with E-state index in [9.17, 15) is 19.5 Å². The highest BCUT2D eigenvalue weighted by Crippen LogP contribution is 2.29. The SMILES string of the molecule is Cn1c(=O)c(C(=O)NCC(=O)O)c(O)c2cnc(-c3cccc4ccccc34)nc21. The van der Waals surface area contributed by atoms with Crippen molar-refractivity contribution in [2.24, 2.45) is 7.05 Å². The fraction of sp³-hybridized carbons (Fsp3) is 0.0952. The zero-order valence-electron chi connectivity index (χ0n) is 15.8. The number of nitrogens with zero attached hydrogens (tertiary/aromatic N) is 3. The molecule has 9 heteroatoms. The second-order valence-electron chi connectivity index (χ2n) is 6.62. The van der Waals surface area contributed by atoms with Gasteiger partial charge in [-0.1, -0.05) is 42.5 Å². The Labute approximate surface area is 169 Å². The minimum atomic E-state index is -1.27. The summed E-state index contributed by atoms with van der Waals surface area (Å²) < 4.78 is 1.13. The summed E-state index contributed by atoms with van der Waals surface area (Å²) in [6.45, 7) is -0.685. The molecule has 0 aliphatic carbocycles. The monoisotopic (exact) mass is 404 g/mol. The Bertz CT molecular complexity index is 1390. The quantitative estimate of drug-likeness (QED) is 0.471. The summed E-state index contributed by atoms with van der Waals surface area (Å²) in [5.41, 5.74) is -0.464. The van der Waals surface area contributed by atoms with Gasteiger partial charge in [0, 0.05) is 18.8 Å². The van der Waals surface area contributed by atoms with Crippen molar-refractivity contribution in [2.45, 2.75) is 0 Å². The van der Waals surface area contributed by atoms with Crippen LogP contribution in [0.3, 0.4) is 0 Å². The molecular weight excluding hydrogens is 388 g/mol. The third-order valence-electron chi connectivity index (χ3n) is 4.75. The number of nitrogens with one attached hydrogen (secondary N) is 1. The molecule has 9 nitrogen and oxygen atoms in total. The predicted octanol–water partition coefficient (Wildman–Crippen LogP) is 1.67. The molecule has 2 heterocycles. The molecule has 0 saturated carbocycles. The summed E-state index contributed by atoms with van der Waals surface area (Å²) in [6.07, 6.45) is 1.34. The molecule has 0 saturated heterocycles. The van der Waals surface area contributed by atoms with E-state index in [1.165, 1.54) is 13.2 Å². The lowest BCUT2D eigenvalue weighted by molar-refractivity contribution is -0.135. The van der Waals surface area contributed by atoms with Crippen LogP contribution >= 0.6 is 0 Å². The number of hydrogen-bond acceptors (Lipinski definition) is 6. The molecule has 0 unspecified atom stereocenters. The highest BCUT2D eigenvalue weighted by atomic mass is 16.4. The summed E-state index contributed by atoms with van der Waals surface area (Å²) in [4.78, 5) is 44.4. The van der Waals surface area contributed by atoms with Crippen molar-refractivity contribution in [3.05, 3.63) is 64.6 Å². The van der Waals surface area contributed by atoms with Crippen LogP contribution in [-0.4, -0.2) is 43.2 Å². The first-order valence-corrected chi connectivity index (χ1v) is 8.95. The van der Waals surface area contributed by atoms with Crippen molar-refractivity contribution >= 4 is 33.7 Å². The fourth-order valence-corrected chi connectivity index (χ4v) is 3.29. The molecule has 0 aliphatic rings. The average molecular weight is 404 g/mol. The van der Waals surface area contributed by atoms with Crippen molar-refractivity contribution in [3.8, 4) is 17.1 Å². The average Bonchev–Trinajstić information content (AvgIpc) is 2.75. The fourth-order valence-electron chi connectivity index (χ4n) is 3.29. The zero-order valence-corrected chi connectivity index (χ0v) is 15.8. The number of carbonyl (C=O) groups excluding carboxylic acids is 1. The van der Waals surface area contributed by atoms with E-state index in [0.717, 1.165) is 20.9 Å². The van der Waals surface area contributed by atoms with E-state index in [4.69, 9.17) is 5.11 Å². The second-order valence-corrected chi connectivity index (χ2v) is 6.62. The molecule has 30 heavy (non-hydrogen) atoms. The molecule has 2 aromatic heterocycles. The van der Waals surface area contributed by atoms with Crippen molar-refractivity contribution < 1.29 is 19.8 Å². The molecule has 4 rings (SSSR count). The first-order valence-electron chi connectivity index (χ1n) is 8.95. The van der Waals surface area contributed by atoms with Gasteiger partial charge < -0.3 is 15.5 Å². The van der Waals surface area contributed by atoms with Gasteiger partial charge in [0.25, 0.3) is 11.5 Å². The second kappa shape index (κ2) is 7.28. The summed E-state index contributed by atoms with van der Waals surface area (Å²) >= 11 is 0. The van der Waals surface area contributed by atoms with Crippen LogP contribution in [0, 0.1) is 0 Å². The lowest BCUT2D eigenvalue weighted by Crippen LogP contribution is -2.35. The molecule has 0 fully saturated rings. The minimum Gasteiger partial charge on any atom is -0.506 e. The highest BCUT2D eigenvalue weighted by Gasteiger charge is 2.23. The number of fused-ring (bicyclic) bond motifs is 2. The van der Waals surface area contributed by atoms with Gasteiger partial charge in [0.2, 0.25) is 0 Å². The van der Waals surface area contributed by atoms with Crippen molar-refractivity contribution in [1.29, 1.82) is 0 Å². The molecule has 0 aliphatic heterocycles. The lowest BCUT2D eigenvalue weighted by Gasteiger charge is -2.12. The van der Waals surface area contributed by atoms with E-state index < -0.39 is 35.3 Å². The van der Waals surface area contributed by atoms with Crippen LogP contribution in [-0.2, 0) is 11.8 Å². The Hall–Kier alpha value is -4.27. The van der Waals surface area contributed by atoms with Gasteiger partial charge in [0.05, 0.1) is 5.39 Å². The van der Waals surface area contributed by atoms with Gasteiger partial charge in [-0.15, -0.1) is 0 Å². The van der Waals surface area contributed by atoms with Gasteiger partial charge in [-0.25, -0.2) is 9.97 Å². The number of aryl methyl sites for hydroxylation is 1. The van der Waals surface area contributed by atoms with E-state index in [-0.39, 0.29) is 11.0 Å². The first kappa shape index (κ1) is 19.1. The number of pyridine rings is 1. The van der Waals surface area contributed by atoms with E-state index >= 15 is 0 Å². The molecule has 4 aromatic rings. The molecular formula is C21H16N4O5. The topological polar surface area (TPSA) is 134 Å². The van der Waals surface area contributed by atoms with Gasteiger partial charge in [-0.3, -0.25) is 19.0 Å². The number of aliphatic carboxylic acids is 1. The maximum Gasteiger partial charge on any atom is 0.322 e. The van der Waals surface area contributed by atoms with E-state index in [1.807, 2.05) is 42.5 Å². The number of benzene rings is 2. The predicted molar refractivity (Wildman–Crippen MR) is 109 cm³/mol. The van der Waals surface area contributed by atoms with Gasteiger partial charge in [0.15, 0.2) is 5.82 Å². The summed E-state index contributed by atoms with van der Waals surface area (Å²) in [5.74, 6) is -2.50. The van der Waals surface area contributed by atoms with Gasteiger partial charge in [-0.2, -0.15) is 0 Å². The largest absolute Gasteiger partial charge is 0.506 e. The van der Waals surface area contributed by atoms with Crippen LogP contribution in [0.1, 0.15) is 10.4 Å². The Morgan fingerprint density at radius 3 is 2.60 bits per heavy atom. The molecule has 3 N–H and O–H groups in total. The third kappa shape index (κ3) is 3.12. The summed E-state index contributed by atoms with van der Waals surface area (Å²) in [5, 5.41) is 23.3. The van der Waals surface area contributed by atoms with Crippen LogP contribution in [0.5, 0.6) is 5.75 Å². The molecule has 150 valence electrons. The number of carboxylic acids is 1. The molecule has 0 atom stereocenters. The molecule has 0 radical (unpaired) electrons. The third-order valence-corrected chi connectivity index (χ3v) is 4.75. The van der Waals surface area contributed by atoms with Crippen LogP contribution in [0.25, 0.3) is 33.2 Å². The number of carbonyl (C=O) groups is 2. The lowest BCUT2D eigenvalue weighted by atomic mass is 10.0. The van der Waals surface area contributed by atoms with Crippen LogP contribution < -0.4 is 10.9 Å². The zero-order chi connectivity index (χ0) is 21.4.